The third kappa shape index (κ3) is 3.73. The molecule has 7 nitrogen and oxygen atoms in total. The van der Waals surface area contributed by atoms with Gasteiger partial charge in [-0.3, -0.25) is 4.79 Å². The molecule has 0 aliphatic carbocycles. The number of sulfonamides is 1. The number of halogens is 2. The first-order chi connectivity index (χ1) is 13.9. The molecule has 0 radical (unpaired) electrons. The Hall–Kier alpha value is -2.49. The average molecular weight is 438 g/mol. The number of amides is 1. The summed E-state index contributed by atoms with van der Waals surface area (Å²) in [6.45, 7) is 1.06. The van der Waals surface area contributed by atoms with Gasteiger partial charge in [-0.2, -0.15) is 17.9 Å². The van der Waals surface area contributed by atoms with Crippen molar-refractivity contribution in [1.29, 1.82) is 0 Å². The summed E-state index contributed by atoms with van der Waals surface area (Å²) in [5.41, 5.74) is 0.414. The molecule has 29 heavy (non-hydrogen) atoms. The summed E-state index contributed by atoms with van der Waals surface area (Å²) in [6, 6.07) is 10.1. The van der Waals surface area contributed by atoms with Gasteiger partial charge in [-0.1, -0.05) is 23.7 Å². The lowest BCUT2D eigenvalue weighted by molar-refractivity contribution is -0.135. The molecule has 0 aromatic heterocycles. The van der Waals surface area contributed by atoms with Crippen molar-refractivity contribution in [3.63, 3.8) is 0 Å². The van der Waals surface area contributed by atoms with E-state index in [0.29, 0.717) is 31.3 Å². The summed E-state index contributed by atoms with van der Waals surface area (Å²) in [7, 11) is -4.10. The van der Waals surface area contributed by atoms with Crippen LogP contribution in [-0.4, -0.2) is 62.2 Å². The van der Waals surface area contributed by atoms with Crippen LogP contribution in [0.3, 0.4) is 0 Å². The van der Waals surface area contributed by atoms with Crippen LogP contribution in [0.25, 0.3) is 0 Å². The van der Waals surface area contributed by atoms with Gasteiger partial charge in [-0.25, -0.2) is 4.39 Å². The third-order valence-corrected chi connectivity index (χ3v) is 6.64. The molecule has 4 rings (SSSR count). The molecule has 0 N–H and O–H groups in total. The van der Waals surface area contributed by atoms with E-state index in [9.17, 15) is 17.6 Å². The zero-order valence-corrected chi connectivity index (χ0v) is 16.8. The quantitative estimate of drug-likeness (QED) is 0.736. The fourth-order valence-corrected chi connectivity index (χ4v) is 4.79. The van der Waals surface area contributed by atoms with Crippen molar-refractivity contribution in [2.24, 2.45) is 5.10 Å². The third-order valence-electron chi connectivity index (χ3n) is 4.73. The Kier molecular flexibility index (Phi) is 5.28. The molecule has 152 valence electrons. The largest absolute Gasteiger partial charge is 0.378 e. The van der Waals surface area contributed by atoms with Crippen LogP contribution >= 0.6 is 11.6 Å². The second-order valence-corrected chi connectivity index (χ2v) is 8.80. The van der Waals surface area contributed by atoms with Gasteiger partial charge in [0, 0.05) is 29.2 Å². The van der Waals surface area contributed by atoms with E-state index in [-0.39, 0.29) is 21.7 Å². The molecule has 0 atom stereocenters. The van der Waals surface area contributed by atoms with E-state index < -0.39 is 28.3 Å². The van der Waals surface area contributed by atoms with Crippen LogP contribution in [0.4, 0.5) is 4.39 Å². The van der Waals surface area contributed by atoms with Gasteiger partial charge >= 0.3 is 0 Å². The number of carbonyl (C=O) groups is 1. The van der Waals surface area contributed by atoms with Gasteiger partial charge in [0.1, 0.15) is 18.1 Å². The van der Waals surface area contributed by atoms with Gasteiger partial charge in [0.2, 0.25) is 5.91 Å². The fraction of sp³-hybridized carbons (Fsp3) is 0.263. The van der Waals surface area contributed by atoms with Crippen LogP contribution in [0.1, 0.15) is 11.1 Å². The number of fused-ring (bicyclic) bond motifs is 1. The Morgan fingerprint density at radius 2 is 1.86 bits per heavy atom. The van der Waals surface area contributed by atoms with Crippen molar-refractivity contribution in [1.82, 2.24) is 9.31 Å². The maximum Gasteiger partial charge on any atom is 0.280 e. The minimum absolute atomic E-state index is 0.0788. The predicted molar refractivity (Wildman–Crippen MR) is 105 cm³/mol. The highest BCUT2D eigenvalue weighted by Crippen LogP contribution is 2.31. The van der Waals surface area contributed by atoms with E-state index in [1.807, 2.05) is 0 Å². The fourth-order valence-electron chi connectivity index (χ4n) is 3.25. The molecule has 1 amide bonds. The van der Waals surface area contributed by atoms with Crippen LogP contribution in [-0.2, 0) is 19.6 Å². The highest BCUT2D eigenvalue weighted by Gasteiger charge is 2.36. The summed E-state index contributed by atoms with van der Waals surface area (Å²) in [6.07, 6.45) is 0. The number of carbonyl (C=O) groups excluding carboxylic acids is 1. The summed E-state index contributed by atoms with van der Waals surface area (Å²) in [5.74, 6) is -0.957. The Balaban J connectivity index is 1.79. The van der Waals surface area contributed by atoms with Crippen LogP contribution in [0.2, 0.25) is 5.02 Å². The lowest BCUT2D eigenvalue weighted by Gasteiger charge is -2.31. The molecule has 2 aromatic rings. The summed E-state index contributed by atoms with van der Waals surface area (Å²) < 4.78 is 46.6. The van der Waals surface area contributed by atoms with Crippen LogP contribution in [0.5, 0.6) is 0 Å². The van der Waals surface area contributed by atoms with Gasteiger partial charge in [0.05, 0.1) is 18.1 Å². The smallest absolute Gasteiger partial charge is 0.280 e. The molecule has 2 aromatic carbocycles. The van der Waals surface area contributed by atoms with Crippen LogP contribution in [0, 0.1) is 5.82 Å². The molecule has 10 heteroatoms. The lowest BCUT2D eigenvalue weighted by Crippen LogP contribution is -2.46. The van der Waals surface area contributed by atoms with Crippen molar-refractivity contribution in [3.05, 3.63) is 64.4 Å². The zero-order valence-electron chi connectivity index (χ0n) is 15.2. The van der Waals surface area contributed by atoms with Crippen molar-refractivity contribution in [2.75, 3.05) is 32.8 Å². The van der Waals surface area contributed by atoms with E-state index in [4.69, 9.17) is 16.3 Å². The molecule has 2 aliphatic rings. The molecule has 2 heterocycles. The number of rotatable bonds is 3. The van der Waals surface area contributed by atoms with Gasteiger partial charge in [0.25, 0.3) is 10.0 Å². The molecular weight excluding hydrogens is 421 g/mol. The second-order valence-electron chi connectivity index (χ2n) is 6.55. The summed E-state index contributed by atoms with van der Waals surface area (Å²) in [4.78, 5) is 14.1. The van der Waals surface area contributed by atoms with Crippen molar-refractivity contribution >= 4 is 33.2 Å². The highest BCUT2D eigenvalue weighted by atomic mass is 35.5. The van der Waals surface area contributed by atoms with Crippen LogP contribution < -0.4 is 0 Å². The first kappa shape index (κ1) is 19.8. The molecule has 0 unspecified atom stereocenters. The Morgan fingerprint density at radius 3 is 2.59 bits per heavy atom. The van der Waals surface area contributed by atoms with E-state index in [2.05, 4.69) is 5.10 Å². The normalized spacial score (nSPS) is 18.2. The number of hydrogen-bond donors (Lipinski definition) is 0. The molecular formula is C19H17ClFN3O4S. The van der Waals surface area contributed by atoms with Crippen molar-refractivity contribution in [2.45, 2.75) is 4.90 Å². The van der Waals surface area contributed by atoms with E-state index in [1.165, 1.54) is 41.3 Å². The Labute approximate surface area is 172 Å². The van der Waals surface area contributed by atoms with Gasteiger partial charge < -0.3 is 9.64 Å². The van der Waals surface area contributed by atoms with Crippen molar-refractivity contribution < 1.29 is 22.3 Å². The number of hydrazone groups is 1. The monoisotopic (exact) mass is 437 g/mol. The maximum absolute atomic E-state index is 14.5. The lowest BCUT2D eigenvalue weighted by atomic mass is 10.0. The van der Waals surface area contributed by atoms with E-state index in [0.717, 1.165) is 4.41 Å². The molecule has 1 fully saturated rings. The topological polar surface area (TPSA) is 79.3 Å². The second kappa shape index (κ2) is 7.74. The van der Waals surface area contributed by atoms with Crippen LogP contribution in [0.15, 0.2) is 52.5 Å². The first-order valence-electron chi connectivity index (χ1n) is 8.89. The zero-order chi connectivity index (χ0) is 20.6. The number of benzene rings is 2. The summed E-state index contributed by atoms with van der Waals surface area (Å²) >= 11 is 6.05. The molecule has 0 spiro atoms. The first-order valence-corrected chi connectivity index (χ1v) is 10.7. The van der Waals surface area contributed by atoms with Gasteiger partial charge in [-0.15, -0.1) is 0 Å². The molecule has 0 bridgehead atoms. The Bertz CT molecular complexity index is 1100. The molecule has 1 saturated heterocycles. The van der Waals surface area contributed by atoms with E-state index >= 15 is 0 Å². The maximum atomic E-state index is 14.5. The number of ether oxygens (including phenoxy) is 1. The number of hydrogen-bond acceptors (Lipinski definition) is 5. The number of nitrogens with zero attached hydrogens (tertiary/aromatic N) is 3. The SMILES string of the molecule is O=C(CN1N=C(c2ccccc2F)c2cc(Cl)ccc2S1(=O)=O)N1CCOCC1. The minimum Gasteiger partial charge on any atom is -0.378 e. The molecule has 2 aliphatic heterocycles. The summed E-state index contributed by atoms with van der Waals surface area (Å²) in [5, 5.41) is 4.46. The average Bonchev–Trinajstić information content (AvgIpc) is 2.71. The number of morpholine rings is 1. The van der Waals surface area contributed by atoms with E-state index in [1.54, 1.807) is 6.07 Å². The Morgan fingerprint density at radius 1 is 1.14 bits per heavy atom. The van der Waals surface area contributed by atoms with Gasteiger partial charge in [0.15, 0.2) is 0 Å². The van der Waals surface area contributed by atoms with Gasteiger partial charge in [-0.05, 0) is 30.3 Å². The molecule has 0 saturated carbocycles. The van der Waals surface area contributed by atoms with Crippen molar-refractivity contribution in [3.8, 4) is 0 Å². The predicted octanol–water partition coefficient (Wildman–Crippen LogP) is 2.09. The standard InChI is InChI=1S/C19H17ClFN3O4S/c20-13-5-6-17-15(11-13)19(14-3-1-2-4-16(14)21)22-24(29(17,26)27)12-18(25)23-7-9-28-10-8-23/h1-6,11H,7-10,12H2. The highest BCUT2D eigenvalue weighted by molar-refractivity contribution is 7.89. The minimum atomic E-state index is -4.10.